The molecule has 1 aliphatic rings. The van der Waals surface area contributed by atoms with Crippen molar-refractivity contribution in [3.63, 3.8) is 0 Å². The van der Waals surface area contributed by atoms with Gasteiger partial charge in [-0.25, -0.2) is 8.42 Å². The van der Waals surface area contributed by atoms with E-state index in [1.165, 1.54) is 7.11 Å². The van der Waals surface area contributed by atoms with Crippen LogP contribution in [0.25, 0.3) is 0 Å². The first-order valence-corrected chi connectivity index (χ1v) is 8.02. The summed E-state index contributed by atoms with van der Waals surface area (Å²) in [5, 5.41) is 0. The number of ether oxygens (including phenoxy) is 1. The van der Waals surface area contributed by atoms with E-state index in [0.717, 1.165) is 6.42 Å². The van der Waals surface area contributed by atoms with E-state index in [-0.39, 0.29) is 4.90 Å². The van der Waals surface area contributed by atoms with E-state index in [4.69, 9.17) is 4.74 Å². The van der Waals surface area contributed by atoms with E-state index in [0.29, 0.717) is 30.7 Å². The van der Waals surface area contributed by atoms with Crippen LogP contribution in [0.15, 0.2) is 29.2 Å². The fourth-order valence-corrected chi connectivity index (χ4v) is 4.61. The molecule has 1 aromatic carbocycles. The third-order valence-electron chi connectivity index (χ3n) is 3.52. The highest BCUT2D eigenvalue weighted by molar-refractivity contribution is 7.89. The van der Waals surface area contributed by atoms with Gasteiger partial charge in [-0.1, -0.05) is 26.0 Å². The molecular formula is C14H21NO3S. The number of nitrogens with zero attached hydrogens (tertiary/aromatic N) is 1. The summed E-state index contributed by atoms with van der Waals surface area (Å²) in [6.07, 6.45) is 1.08. The fourth-order valence-electron chi connectivity index (χ4n) is 2.77. The summed E-state index contributed by atoms with van der Waals surface area (Å²) in [5.74, 6) is 1.20. The lowest BCUT2D eigenvalue weighted by atomic mass is 9.94. The predicted molar refractivity (Wildman–Crippen MR) is 74.7 cm³/mol. The molecule has 2 atom stereocenters. The lowest BCUT2D eigenvalue weighted by Gasteiger charge is -2.34. The maximum atomic E-state index is 12.7. The molecule has 0 aromatic heterocycles. The van der Waals surface area contributed by atoms with Crippen molar-refractivity contribution in [2.45, 2.75) is 25.2 Å². The molecule has 1 aliphatic heterocycles. The number of sulfonamides is 1. The Kier molecular flexibility index (Phi) is 4.16. The fraction of sp³-hybridized carbons (Fsp3) is 0.571. The van der Waals surface area contributed by atoms with Crippen LogP contribution in [0.2, 0.25) is 0 Å². The number of methoxy groups -OCH3 is 1. The van der Waals surface area contributed by atoms with Gasteiger partial charge in [-0.05, 0) is 30.4 Å². The highest BCUT2D eigenvalue weighted by atomic mass is 32.2. The number of para-hydroxylation sites is 1. The van der Waals surface area contributed by atoms with Crippen molar-refractivity contribution in [2.75, 3.05) is 20.2 Å². The van der Waals surface area contributed by atoms with Crippen molar-refractivity contribution in [1.29, 1.82) is 0 Å². The Balaban J connectivity index is 2.36. The molecule has 0 N–H and O–H groups in total. The van der Waals surface area contributed by atoms with Gasteiger partial charge in [0.2, 0.25) is 10.0 Å². The summed E-state index contributed by atoms with van der Waals surface area (Å²) in [7, 11) is -1.97. The molecule has 2 rings (SSSR count). The molecule has 106 valence electrons. The van der Waals surface area contributed by atoms with Gasteiger partial charge in [0.05, 0.1) is 7.11 Å². The molecule has 5 heteroatoms. The van der Waals surface area contributed by atoms with Crippen LogP contribution >= 0.6 is 0 Å². The molecule has 2 unspecified atom stereocenters. The van der Waals surface area contributed by atoms with Gasteiger partial charge in [-0.3, -0.25) is 0 Å². The molecule has 1 aromatic rings. The summed E-state index contributed by atoms with van der Waals surface area (Å²) in [5.41, 5.74) is 0. The van der Waals surface area contributed by atoms with Gasteiger partial charge < -0.3 is 4.74 Å². The topological polar surface area (TPSA) is 46.6 Å². The maximum absolute atomic E-state index is 12.7. The predicted octanol–water partition coefficient (Wildman–Crippen LogP) is 2.36. The largest absolute Gasteiger partial charge is 0.495 e. The normalized spacial score (nSPS) is 25.2. The average molecular weight is 283 g/mol. The zero-order valence-electron chi connectivity index (χ0n) is 11.7. The minimum absolute atomic E-state index is 0.263. The molecule has 1 fully saturated rings. The minimum Gasteiger partial charge on any atom is -0.495 e. The number of benzene rings is 1. The quantitative estimate of drug-likeness (QED) is 0.855. The Morgan fingerprint density at radius 2 is 1.74 bits per heavy atom. The van der Waals surface area contributed by atoms with Crippen molar-refractivity contribution >= 4 is 10.0 Å². The zero-order chi connectivity index (χ0) is 14.0. The Bertz CT molecular complexity index is 531. The second-order valence-corrected chi connectivity index (χ2v) is 7.33. The molecule has 4 nitrogen and oxygen atoms in total. The monoisotopic (exact) mass is 283 g/mol. The minimum atomic E-state index is -3.46. The Morgan fingerprint density at radius 1 is 1.16 bits per heavy atom. The lowest BCUT2D eigenvalue weighted by Crippen LogP contribution is -2.42. The van der Waals surface area contributed by atoms with Crippen LogP contribution in [0.5, 0.6) is 5.75 Å². The second-order valence-electron chi connectivity index (χ2n) is 5.42. The van der Waals surface area contributed by atoms with Crippen LogP contribution in [-0.2, 0) is 10.0 Å². The van der Waals surface area contributed by atoms with Crippen LogP contribution in [0, 0.1) is 11.8 Å². The summed E-state index contributed by atoms with van der Waals surface area (Å²) < 4.78 is 32.2. The second kappa shape index (κ2) is 5.51. The standard InChI is InChI=1S/C14H21NO3S/c1-11-8-12(2)10-15(9-11)19(16,17)14-7-5-4-6-13(14)18-3/h4-7,11-12H,8-10H2,1-3H3. The van der Waals surface area contributed by atoms with Crippen molar-refractivity contribution in [3.05, 3.63) is 24.3 Å². The van der Waals surface area contributed by atoms with Crippen molar-refractivity contribution in [3.8, 4) is 5.75 Å². The summed E-state index contributed by atoms with van der Waals surface area (Å²) in [6, 6.07) is 6.80. The number of rotatable bonds is 3. The molecule has 0 radical (unpaired) electrons. The first kappa shape index (κ1) is 14.3. The third-order valence-corrected chi connectivity index (χ3v) is 5.39. The van der Waals surface area contributed by atoms with Gasteiger partial charge in [-0.2, -0.15) is 4.31 Å². The Labute approximate surface area is 115 Å². The van der Waals surface area contributed by atoms with Crippen molar-refractivity contribution < 1.29 is 13.2 Å². The number of piperidine rings is 1. The maximum Gasteiger partial charge on any atom is 0.246 e. The van der Waals surface area contributed by atoms with Crippen molar-refractivity contribution in [1.82, 2.24) is 4.31 Å². The van der Waals surface area contributed by atoms with Gasteiger partial charge in [0.1, 0.15) is 10.6 Å². The SMILES string of the molecule is COc1ccccc1S(=O)(=O)N1CC(C)CC(C)C1. The van der Waals surface area contributed by atoms with Crippen LogP contribution < -0.4 is 4.74 Å². The van der Waals surface area contributed by atoms with Gasteiger partial charge in [0.15, 0.2) is 0 Å². The van der Waals surface area contributed by atoms with Crippen LogP contribution in [0.1, 0.15) is 20.3 Å². The molecule has 0 saturated carbocycles. The van der Waals surface area contributed by atoms with Crippen LogP contribution in [0.4, 0.5) is 0 Å². The number of hydrogen-bond acceptors (Lipinski definition) is 3. The molecule has 0 aliphatic carbocycles. The van der Waals surface area contributed by atoms with Gasteiger partial charge in [0, 0.05) is 13.1 Å². The van der Waals surface area contributed by atoms with Gasteiger partial charge in [0.25, 0.3) is 0 Å². The Morgan fingerprint density at radius 3 is 2.32 bits per heavy atom. The highest BCUT2D eigenvalue weighted by Crippen LogP contribution is 2.30. The molecule has 0 amide bonds. The summed E-state index contributed by atoms with van der Waals surface area (Å²) in [4.78, 5) is 0.263. The molecular weight excluding hydrogens is 262 g/mol. The Hall–Kier alpha value is -1.07. The van der Waals surface area contributed by atoms with Gasteiger partial charge >= 0.3 is 0 Å². The van der Waals surface area contributed by atoms with E-state index in [1.807, 2.05) is 0 Å². The summed E-state index contributed by atoms with van der Waals surface area (Å²) >= 11 is 0. The molecule has 19 heavy (non-hydrogen) atoms. The van der Waals surface area contributed by atoms with E-state index in [9.17, 15) is 8.42 Å². The van der Waals surface area contributed by atoms with E-state index >= 15 is 0 Å². The smallest absolute Gasteiger partial charge is 0.246 e. The van der Waals surface area contributed by atoms with Crippen LogP contribution in [-0.4, -0.2) is 32.9 Å². The molecule has 0 bridgehead atoms. The first-order chi connectivity index (χ1) is 8.95. The average Bonchev–Trinajstić information content (AvgIpc) is 2.37. The van der Waals surface area contributed by atoms with E-state index in [1.54, 1.807) is 28.6 Å². The van der Waals surface area contributed by atoms with Crippen molar-refractivity contribution in [2.24, 2.45) is 11.8 Å². The van der Waals surface area contributed by atoms with Gasteiger partial charge in [-0.15, -0.1) is 0 Å². The summed E-state index contributed by atoms with van der Waals surface area (Å²) in [6.45, 7) is 5.37. The molecule has 0 spiro atoms. The van der Waals surface area contributed by atoms with E-state index in [2.05, 4.69) is 13.8 Å². The third kappa shape index (κ3) is 2.92. The zero-order valence-corrected chi connectivity index (χ0v) is 12.5. The molecule has 1 heterocycles. The lowest BCUT2D eigenvalue weighted by molar-refractivity contribution is 0.222. The highest BCUT2D eigenvalue weighted by Gasteiger charge is 2.33. The number of hydrogen-bond donors (Lipinski definition) is 0. The van der Waals surface area contributed by atoms with Crippen LogP contribution in [0.3, 0.4) is 0 Å². The molecule has 1 saturated heterocycles. The van der Waals surface area contributed by atoms with E-state index < -0.39 is 10.0 Å². The first-order valence-electron chi connectivity index (χ1n) is 6.58.